The maximum atomic E-state index is 12.5. The molecule has 0 aliphatic carbocycles. The maximum absolute atomic E-state index is 12.5. The van der Waals surface area contributed by atoms with E-state index in [0.717, 1.165) is 0 Å². The highest BCUT2D eigenvalue weighted by Crippen LogP contribution is 2.36. The van der Waals surface area contributed by atoms with E-state index in [2.05, 4.69) is 5.32 Å². The highest BCUT2D eigenvalue weighted by molar-refractivity contribution is 5.90. The Kier molecular flexibility index (Phi) is 6.02. The normalized spacial score (nSPS) is 26.3. The average Bonchev–Trinajstić information content (AvgIpc) is 2.84. The Morgan fingerprint density at radius 1 is 1.27 bits per heavy atom. The van der Waals surface area contributed by atoms with Gasteiger partial charge < -0.3 is 19.9 Å². The van der Waals surface area contributed by atoms with Crippen LogP contribution in [0, 0.1) is 11.8 Å². The molecule has 142 valence electrons. The van der Waals surface area contributed by atoms with Gasteiger partial charge in [0.2, 0.25) is 5.91 Å². The van der Waals surface area contributed by atoms with Gasteiger partial charge in [-0.1, -0.05) is 32.0 Å². The number of carbonyl (C=O) groups excluding carboxylic acids is 3. The number of esters is 2. The molecule has 1 aliphatic rings. The summed E-state index contributed by atoms with van der Waals surface area (Å²) in [5, 5.41) is 12.9. The van der Waals surface area contributed by atoms with Gasteiger partial charge in [0.05, 0.1) is 18.1 Å². The third-order valence-corrected chi connectivity index (χ3v) is 4.64. The predicted octanol–water partition coefficient (Wildman–Crippen LogP) is 1.30. The summed E-state index contributed by atoms with van der Waals surface area (Å²) < 4.78 is 11.0. The largest absolute Gasteiger partial charge is 0.459 e. The molecule has 0 saturated carbocycles. The lowest BCUT2D eigenvalue weighted by atomic mass is 9.80. The van der Waals surface area contributed by atoms with Gasteiger partial charge >= 0.3 is 11.9 Å². The summed E-state index contributed by atoms with van der Waals surface area (Å²) in [5.41, 5.74) is -1.05. The minimum Gasteiger partial charge on any atom is -0.459 e. The first-order valence-electron chi connectivity index (χ1n) is 8.59. The summed E-state index contributed by atoms with van der Waals surface area (Å²) in [6, 6.07) is 8.44. The predicted molar refractivity (Wildman–Crippen MR) is 93.2 cm³/mol. The van der Waals surface area contributed by atoms with Gasteiger partial charge in [-0.2, -0.15) is 0 Å². The Balaban J connectivity index is 2.39. The molecule has 1 aromatic rings. The molecule has 0 bridgehead atoms. The van der Waals surface area contributed by atoms with Crippen molar-refractivity contribution in [2.75, 3.05) is 6.61 Å². The van der Waals surface area contributed by atoms with Crippen molar-refractivity contribution in [3.63, 3.8) is 0 Å². The van der Waals surface area contributed by atoms with E-state index in [-0.39, 0.29) is 11.8 Å². The Morgan fingerprint density at radius 2 is 1.88 bits per heavy atom. The fourth-order valence-electron chi connectivity index (χ4n) is 3.43. The van der Waals surface area contributed by atoms with Crippen LogP contribution < -0.4 is 5.32 Å². The molecule has 1 amide bonds. The molecular weight excluding hydrogens is 338 g/mol. The van der Waals surface area contributed by atoms with Crippen molar-refractivity contribution >= 4 is 17.8 Å². The minimum atomic E-state index is -1.40. The Bertz CT molecular complexity index is 674. The van der Waals surface area contributed by atoms with Gasteiger partial charge in [0, 0.05) is 6.92 Å². The number of benzene rings is 1. The number of rotatable bonds is 6. The topological polar surface area (TPSA) is 102 Å². The van der Waals surface area contributed by atoms with Crippen LogP contribution in [-0.4, -0.2) is 47.3 Å². The van der Waals surface area contributed by atoms with Gasteiger partial charge in [0.15, 0.2) is 0 Å². The third-order valence-electron chi connectivity index (χ3n) is 4.64. The molecule has 7 nitrogen and oxygen atoms in total. The van der Waals surface area contributed by atoms with Crippen molar-refractivity contribution in [3.8, 4) is 0 Å². The van der Waals surface area contributed by atoms with Crippen molar-refractivity contribution in [3.05, 3.63) is 35.9 Å². The molecule has 0 unspecified atom stereocenters. The molecule has 0 radical (unpaired) electrons. The minimum absolute atomic E-state index is 0.251. The molecule has 1 saturated heterocycles. The second kappa shape index (κ2) is 7.86. The lowest BCUT2D eigenvalue weighted by molar-refractivity contribution is -0.158. The Hall–Kier alpha value is -2.41. The van der Waals surface area contributed by atoms with E-state index in [4.69, 9.17) is 9.47 Å². The van der Waals surface area contributed by atoms with Crippen LogP contribution >= 0.6 is 0 Å². The van der Waals surface area contributed by atoms with Gasteiger partial charge in [0.1, 0.15) is 17.7 Å². The lowest BCUT2D eigenvalue weighted by Crippen LogP contribution is -2.64. The van der Waals surface area contributed by atoms with E-state index in [1.165, 1.54) is 6.92 Å². The van der Waals surface area contributed by atoms with Crippen molar-refractivity contribution in [1.82, 2.24) is 5.32 Å². The zero-order valence-electron chi connectivity index (χ0n) is 15.4. The van der Waals surface area contributed by atoms with Crippen LogP contribution in [0.15, 0.2) is 30.3 Å². The van der Waals surface area contributed by atoms with E-state index in [0.29, 0.717) is 5.56 Å². The summed E-state index contributed by atoms with van der Waals surface area (Å²) in [5.74, 6) is -2.45. The number of carbonyl (C=O) groups is 3. The molecule has 2 rings (SSSR count). The van der Waals surface area contributed by atoms with Gasteiger partial charge in [-0.15, -0.1) is 0 Å². The van der Waals surface area contributed by atoms with Gasteiger partial charge in [0.25, 0.3) is 0 Å². The summed E-state index contributed by atoms with van der Waals surface area (Å²) in [7, 11) is 0. The van der Waals surface area contributed by atoms with E-state index < -0.39 is 42.2 Å². The van der Waals surface area contributed by atoms with Gasteiger partial charge in [-0.25, -0.2) is 4.79 Å². The highest BCUT2D eigenvalue weighted by atomic mass is 16.6. The molecule has 2 N–H and O–H groups in total. The fourth-order valence-corrected chi connectivity index (χ4v) is 3.43. The molecule has 26 heavy (non-hydrogen) atoms. The second-order valence-corrected chi connectivity index (χ2v) is 6.94. The van der Waals surface area contributed by atoms with Crippen LogP contribution in [-0.2, 0) is 19.1 Å². The zero-order valence-corrected chi connectivity index (χ0v) is 15.4. The number of aliphatic hydroxyl groups excluding tert-OH is 1. The Labute approximate surface area is 152 Å². The van der Waals surface area contributed by atoms with Crippen LogP contribution in [0.3, 0.4) is 0 Å². The smallest absolute Gasteiger partial charge is 0.338 e. The van der Waals surface area contributed by atoms with Crippen LogP contribution in [0.4, 0.5) is 0 Å². The van der Waals surface area contributed by atoms with E-state index in [1.54, 1.807) is 51.1 Å². The molecule has 0 spiro atoms. The number of hydrogen-bond acceptors (Lipinski definition) is 6. The molecule has 1 heterocycles. The van der Waals surface area contributed by atoms with Crippen molar-refractivity contribution in [1.29, 1.82) is 0 Å². The van der Waals surface area contributed by atoms with E-state index in [1.807, 2.05) is 0 Å². The molecule has 1 aliphatic heterocycles. The van der Waals surface area contributed by atoms with Gasteiger partial charge in [-0.3, -0.25) is 9.59 Å². The van der Waals surface area contributed by atoms with Crippen molar-refractivity contribution in [2.45, 2.75) is 45.4 Å². The first-order valence-corrected chi connectivity index (χ1v) is 8.59. The fraction of sp³-hybridized carbons (Fsp3) is 0.526. The maximum Gasteiger partial charge on any atom is 0.338 e. The van der Waals surface area contributed by atoms with Crippen LogP contribution in [0.25, 0.3) is 0 Å². The molecule has 7 heteroatoms. The number of aliphatic hydroxyl groups is 1. The van der Waals surface area contributed by atoms with Crippen molar-refractivity contribution in [2.24, 2.45) is 11.8 Å². The monoisotopic (exact) mass is 363 g/mol. The SMILES string of the molecule is CC(=O)O[C@H]1[C@@H](C)C(=O)N[C@]1(CO)[C@@H](OC(=O)c1ccccc1)C(C)C. The summed E-state index contributed by atoms with van der Waals surface area (Å²) in [6.07, 6.45) is -1.84. The summed E-state index contributed by atoms with van der Waals surface area (Å²) in [6.45, 7) is 5.92. The van der Waals surface area contributed by atoms with E-state index >= 15 is 0 Å². The molecule has 4 atom stereocenters. The summed E-state index contributed by atoms with van der Waals surface area (Å²) in [4.78, 5) is 36.4. The molecule has 1 aromatic carbocycles. The number of hydrogen-bond donors (Lipinski definition) is 2. The third kappa shape index (κ3) is 3.72. The van der Waals surface area contributed by atoms with Crippen LogP contribution in [0.5, 0.6) is 0 Å². The van der Waals surface area contributed by atoms with Crippen LogP contribution in [0.1, 0.15) is 38.1 Å². The number of amides is 1. The van der Waals surface area contributed by atoms with E-state index in [9.17, 15) is 19.5 Å². The summed E-state index contributed by atoms with van der Waals surface area (Å²) >= 11 is 0. The molecule has 0 aromatic heterocycles. The zero-order chi connectivity index (χ0) is 19.5. The van der Waals surface area contributed by atoms with Crippen LogP contribution in [0.2, 0.25) is 0 Å². The number of nitrogens with one attached hydrogen (secondary N) is 1. The first-order chi connectivity index (χ1) is 12.2. The lowest BCUT2D eigenvalue weighted by Gasteiger charge is -2.41. The first kappa shape index (κ1) is 19.9. The van der Waals surface area contributed by atoms with Crippen molar-refractivity contribution < 1.29 is 29.0 Å². The molecule has 1 fully saturated rings. The average molecular weight is 363 g/mol. The van der Waals surface area contributed by atoms with Gasteiger partial charge in [-0.05, 0) is 25.0 Å². The Morgan fingerprint density at radius 3 is 2.38 bits per heavy atom. The standard InChI is InChI=1S/C19H25NO6/c1-11(2)15(26-18(24)14-8-6-5-7-9-14)19(10-21)16(25-13(4)22)12(3)17(23)20-19/h5-9,11-12,15-16,21H,10H2,1-4H3,(H,20,23)/t12-,15+,16+,19-/m1/s1. The quantitative estimate of drug-likeness (QED) is 0.739. The molecular formula is C19H25NO6. The second-order valence-electron chi connectivity index (χ2n) is 6.94. The number of ether oxygens (including phenoxy) is 2. The highest BCUT2D eigenvalue weighted by Gasteiger charge is 2.59.